The first kappa shape index (κ1) is 13.4. The summed E-state index contributed by atoms with van der Waals surface area (Å²) in [6, 6.07) is 1.65. The van der Waals surface area contributed by atoms with Gasteiger partial charge in [-0.15, -0.1) is 0 Å². The monoisotopic (exact) mass is 237 g/mol. The molecule has 1 nitrogen and oxygen atoms in total. The zero-order valence-corrected chi connectivity index (χ0v) is 12.0. The van der Waals surface area contributed by atoms with E-state index in [1.807, 2.05) is 0 Å². The van der Waals surface area contributed by atoms with Crippen molar-refractivity contribution >= 4 is 0 Å². The normalized spacial score (nSPS) is 42.9. The van der Waals surface area contributed by atoms with E-state index in [9.17, 15) is 0 Å². The van der Waals surface area contributed by atoms with E-state index < -0.39 is 0 Å². The van der Waals surface area contributed by atoms with Crippen molar-refractivity contribution in [1.29, 1.82) is 0 Å². The fourth-order valence-electron chi connectivity index (χ4n) is 3.93. The van der Waals surface area contributed by atoms with Gasteiger partial charge in [-0.1, -0.05) is 33.6 Å². The van der Waals surface area contributed by atoms with Gasteiger partial charge in [-0.3, -0.25) is 0 Å². The Morgan fingerprint density at radius 1 is 0.941 bits per heavy atom. The predicted octanol–water partition coefficient (Wildman–Crippen LogP) is 4.37. The molecule has 3 unspecified atom stereocenters. The van der Waals surface area contributed by atoms with Gasteiger partial charge in [0.25, 0.3) is 0 Å². The second-order valence-electron chi connectivity index (χ2n) is 6.69. The molecule has 2 fully saturated rings. The van der Waals surface area contributed by atoms with Gasteiger partial charge in [-0.2, -0.15) is 0 Å². The molecule has 0 aromatic heterocycles. The summed E-state index contributed by atoms with van der Waals surface area (Å²) in [6.07, 6.45) is 11.5. The molecule has 0 aliphatic heterocycles. The predicted molar refractivity (Wildman–Crippen MR) is 75.1 cm³/mol. The van der Waals surface area contributed by atoms with E-state index in [2.05, 4.69) is 26.1 Å². The van der Waals surface area contributed by atoms with Crippen molar-refractivity contribution in [3.63, 3.8) is 0 Å². The molecule has 100 valence electrons. The molecular formula is C16H31N. The van der Waals surface area contributed by atoms with Gasteiger partial charge in [0.2, 0.25) is 0 Å². The van der Waals surface area contributed by atoms with Crippen LogP contribution in [0.15, 0.2) is 0 Å². The Hall–Kier alpha value is -0.0400. The van der Waals surface area contributed by atoms with Crippen molar-refractivity contribution in [2.24, 2.45) is 17.8 Å². The van der Waals surface area contributed by atoms with Crippen molar-refractivity contribution in [3.05, 3.63) is 0 Å². The van der Waals surface area contributed by atoms with E-state index >= 15 is 0 Å². The lowest BCUT2D eigenvalue weighted by atomic mass is 9.83. The van der Waals surface area contributed by atoms with Crippen LogP contribution in [0.5, 0.6) is 0 Å². The molecule has 2 aliphatic rings. The highest BCUT2D eigenvalue weighted by Gasteiger charge is 2.32. The zero-order valence-electron chi connectivity index (χ0n) is 12.0. The molecule has 17 heavy (non-hydrogen) atoms. The maximum atomic E-state index is 3.96. The molecule has 2 aliphatic carbocycles. The minimum Gasteiger partial charge on any atom is -0.311 e. The van der Waals surface area contributed by atoms with Gasteiger partial charge in [-0.05, 0) is 56.3 Å². The Balaban J connectivity index is 1.71. The van der Waals surface area contributed by atoms with E-state index in [4.69, 9.17) is 0 Å². The van der Waals surface area contributed by atoms with Crippen molar-refractivity contribution in [2.75, 3.05) is 0 Å². The Morgan fingerprint density at radius 3 is 2.18 bits per heavy atom. The minimum atomic E-state index is 0.817. The maximum absolute atomic E-state index is 3.96. The molecule has 0 bridgehead atoms. The summed E-state index contributed by atoms with van der Waals surface area (Å²) in [5, 5.41) is 3.96. The van der Waals surface area contributed by atoms with Crippen molar-refractivity contribution in [3.8, 4) is 0 Å². The van der Waals surface area contributed by atoms with Crippen LogP contribution >= 0.6 is 0 Å². The van der Waals surface area contributed by atoms with Gasteiger partial charge < -0.3 is 5.32 Å². The first-order chi connectivity index (χ1) is 8.20. The average Bonchev–Trinajstić information content (AvgIpc) is 2.64. The second kappa shape index (κ2) is 6.22. The van der Waals surface area contributed by atoms with Gasteiger partial charge in [0.15, 0.2) is 0 Å². The third kappa shape index (κ3) is 3.47. The first-order valence-corrected chi connectivity index (χ1v) is 7.96. The molecule has 2 saturated carbocycles. The summed E-state index contributed by atoms with van der Waals surface area (Å²) < 4.78 is 0. The summed E-state index contributed by atoms with van der Waals surface area (Å²) in [6.45, 7) is 7.19. The van der Waals surface area contributed by atoms with Crippen LogP contribution in [0.25, 0.3) is 0 Å². The molecule has 0 spiro atoms. The Labute approximate surface area is 108 Å². The highest BCUT2D eigenvalue weighted by atomic mass is 15.0. The SMILES string of the molecule is CCCC1CCC(NC2CCC(C)C2C)CC1. The average molecular weight is 237 g/mol. The fourth-order valence-corrected chi connectivity index (χ4v) is 3.93. The highest BCUT2D eigenvalue weighted by molar-refractivity contribution is 4.88. The number of rotatable bonds is 4. The molecule has 0 amide bonds. The molecule has 0 radical (unpaired) electrons. The van der Waals surface area contributed by atoms with Gasteiger partial charge in [-0.25, -0.2) is 0 Å². The van der Waals surface area contributed by atoms with Gasteiger partial charge >= 0.3 is 0 Å². The molecule has 2 rings (SSSR count). The van der Waals surface area contributed by atoms with Crippen molar-refractivity contribution < 1.29 is 0 Å². The van der Waals surface area contributed by atoms with Crippen LogP contribution in [0.3, 0.4) is 0 Å². The smallest absolute Gasteiger partial charge is 0.00979 e. The quantitative estimate of drug-likeness (QED) is 0.765. The summed E-state index contributed by atoms with van der Waals surface area (Å²) in [4.78, 5) is 0. The molecule has 0 aromatic carbocycles. The van der Waals surface area contributed by atoms with E-state index in [-0.39, 0.29) is 0 Å². The van der Waals surface area contributed by atoms with Crippen LogP contribution in [-0.2, 0) is 0 Å². The molecule has 0 heterocycles. The number of hydrogen-bond donors (Lipinski definition) is 1. The van der Waals surface area contributed by atoms with Crippen LogP contribution in [0.4, 0.5) is 0 Å². The largest absolute Gasteiger partial charge is 0.311 e. The lowest BCUT2D eigenvalue weighted by molar-refractivity contribution is 0.245. The summed E-state index contributed by atoms with van der Waals surface area (Å²) in [7, 11) is 0. The minimum absolute atomic E-state index is 0.817. The Bertz CT molecular complexity index is 218. The Kier molecular flexibility index (Phi) is 4.90. The first-order valence-electron chi connectivity index (χ1n) is 7.96. The van der Waals surface area contributed by atoms with Crippen LogP contribution in [0.2, 0.25) is 0 Å². The van der Waals surface area contributed by atoms with Gasteiger partial charge in [0, 0.05) is 12.1 Å². The van der Waals surface area contributed by atoms with Crippen molar-refractivity contribution in [2.45, 2.75) is 84.2 Å². The summed E-state index contributed by atoms with van der Waals surface area (Å²) in [5.41, 5.74) is 0. The topological polar surface area (TPSA) is 12.0 Å². The zero-order chi connectivity index (χ0) is 12.3. The molecule has 0 saturated heterocycles. The summed E-state index contributed by atoms with van der Waals surface area (Å²) >= 11 is 0. The van der Waals surface area contributed by atoms with Crippen LogP contribution in [0.1, 0.15) is 72.1 Å². The number of nitrogens with one attached hydrogen (secondary N) is 1. The van der Waals surface area contributed by atoms with E-state index in [0.717, 1.165) is 29.8 Å². The number of hydrogen-bond acceptors (Lipinski definition) is 1. The maximum Gasteiger partial charge on any atom is 0.00979 e. The fraction of sp³-hybridized carbons (Fsp3) is 1.00. The molecular weight excluding hydrogens is 206 g/mol. The summed E-state index contributed by atoms with van der Waals surface area (Å²) in [5.74, 6) is 2.87. The third-order valence-electron chi connectivity index (χ3n) is 5.46. The lowest BCUT2D eigenvalue weighted by Gasteiger charge is -2.32. The Morgan fingerprint density at radius 2 is 1.65 bits per heavy atom. The lowest BCUT2D eigenvalue weighted by Crippen LogP contribution is -2.42. The molecule has 1 N–H and O–H groups in total. The van der Waals surface area contributed by atoms with Gasteiger partial charge in [0.1, 0.15) is 0 Å². The molecule has 3 atom stereocenters. The van der Waals surface area contributed by atoms with Crippen LogP contribution in [0, 0.1) is 17.8 Å². The molecule has 1 heteroatoms. The van der Waals surface area contributed by atoms with Crippen molar-refractivity contribution in [1.82, 2.24) is 5.32 Å². The van der Waals surface area contributed by atoms with Gasteiger partial charge in [0.05, 0.1) is 0 Å². The standard InChI is InChI=1S/C16H31N/c1-4-5-14-7-9-15(10-8-14)17-16-11-6-12(2)13(16)3/h12-17H,4-11H2,1-3H3. The highest BCUT2D eigenvalue weighted by Crippen LogP contribution is 2.33. The van der Waals surface area contributed by atoms with Crippen LogP contribution < -0.4 is 5.32 Å². The second-order valence-corrected chi connectivity index (χ2v) is 6.69. The molecule has 0 aromatic rings. The third-order valence-corrected chi connectivity index (χ3v) is 5.46. The van der Waals surface area contributed by atoms with E-state index in [1.54, 1.807) is 0 Å². The van der Waals surface area contributed by atoms with Crippen LogP contribution in [-0.4, -0.2) is 12.1 Å². The van der Waals surface area contributed by atoms with E-state index in [1.165, 1.54) is 51.4 Å². The van der Waals surface area contributed by atoms with E-state index in [0.29, 0.717) is 0 Å².